The van der Waals surface area contributed by atoms with Gasteiger partial charge in [-0.3, -0.25) is 9.59 Å². The second kappa shape index (κ2) is 14.9. The van der Waals surface area contributed by atoms with E-state index >= 15 is 0 Å². The summed E-state index contributed by atoms with van der Waals surface area (Å²) in [7, 11) is 0. The van der Waals surface area contributed by atoms with E-state index in [9.17, 15) is 24.3 Å². The zero-order valence-corrected chi connectivity index (χ0v) is 29.3. The molecule has 1 saturated heterocycles. The maximum absolute atomic E-state index is 14.4. The molecule has 5 atom stereocenters. The molecule has 2 fully saturated rings. The maximum atomic E-state index is 14.4. The lowest BCUT2D eigenvalue weighted by molar-refractivity contribution is -0.145. The first-order valence-corrected chi connectivity index (χ1v) is 17.7. The number of carbonyl (C=O) groups excluding carboxylic acids is 3. The Balaban J connectivity index is 1.35. The van der Waals surface area contributed by atoms with Crippen molar-refractivity contribution in [3.8, 4) is 11.3 Å². The highest BCUT2D eigenvalue weighted by Gasteiger charge is 2.61. The van der Waals surface area contributed by atoms with Crippen LogP contribution in [-0.2, 0) is 19.1 Å². The largest absolute Gasteiger partial charge is 0.479 e. The second-order valence-electron chi connectivity index (χ2n) is 14.6. The highest BCUT2D eigenvalue weighted by atomic mass is 16.6. The Bertz CT molecular complexity index is 1800. The van der Waals surface area contributed by atoms with Crippen LogP contribution < -0.4 is 10.6 Å². The average Bonchev–Trinajstić information content (AvgIpc) is 3.40. The van der Waals surface area contributed by atoms with Crippen LogP contribution in [0.25, 0.3) is 23.4 Å². The molecule has 1 aromatic heterocycles. The first-order valence-electron chi connectivity index (χ1n) is 17.7. The molecule has 12 heteroatoms. The van der Waals surface area contributed by atoms with Gasteiger partial charge in [0.25, 0.3) is 0 Å². The molecular formula is C39H46N6O6. The molecule has 2 aliphatic heterocycles. The lowest BCUT2D eigenvalue weighted by atomic mass is 10.0. The molecule has 1 aliphatic carbocycles. The number of rotatable bonds is 6. The number of aromatic nitrogens is 3. The molecule has 6 rings (SSSR count). The normalized spacial score (nSPS) is 26.3. The van der Waals surface area contributed by atoms with Gasteiger partial charge in [-0.1, -0.05) is 91.7 Å². The van der Waals surface area contributed by atoms with Gasteiger partial charge in [0.1, 0.15) is 34.6 Å². The molecule has 12 nitrogen and oxygen atoms in total. The molecular weight excluding hydrogens is 648 g/mol. The summed E-state index contributed by atoms with van der Waals surface area (Å²) in [6.07, 6.45) is 10.8. The van der Waals surface area contributed by atoms with Gasteiger partial charge in [0.2, 0.25) is 11.8 Å². The summed E-state index contributed by atoms with van der Waals surface area (Å²) >= 11 is 0. The molecule has 0 radical (unpaired) electrons. The summed E-state index contributed by atoms with van der Waals surface area (Å²) in [6, 6.07) is 17.0. The summed E-state index contributed by atoms with van der Waals surface area (Å²) < 4.78 is 5.50. The Labute approximate surface area is 297 Å². The second-order valence-corrected chi connectivity index (χ2v) is 14.6. The zero-order chi connectivity index (χ0) is 36.2. The van der Waals surface area contributed by atoms with Crippen LogP contribution in [0.15, 0.2) is 72.8 Å². The van der Waals surface area contributed by atoms with E-state index in [1.165, 1.54) is 4.90 Å². The SMILES string of the molecule is CC(C)(C)OC(=O)N[C@H]1CCCCC/C=C\[C@H]2C[C@@]2(C(=O)O)NC(=O)[C@@H]2C[C@H](n3nc(/C=C/c4ccccc4)c(-c4ccccc4)n3)CN2C1=O. The third-order valence-corrected chi connectivity index (χ3v) is 9.59. The van der Waals surface area contributed by atoms with Crippen LogP contribution in [0, 0.1) is 5.92 Å². The molecule has 2 aromatic carbocycles. The minimum atomic E-state index is -1.44. The van der Waals surface area contributed by atoms with Crippen molar-refractivity contribution in [3.05, 3.63) is 84.1 Å². The van der Waals surface area contributed by atoms with E-state index in [-0.39, 0.29) is 25.3 Å². The van der Waals surface area contributed by atoms with Gasteiger partial charge in [0.15, 0.2) is 0 Å². The third kappa shape index (κ3) is 8.38. The summed E-state index contributed by atoms with van der Waals surface area (Å²) in [5.74, 6) is -2.45. The number of hydrogen-bond donors (Lipinski definition) is 3. The van der Waals surface area contributed by atoms with Crippen LogP contribution in [-0.4, -0.2) is 78.6 Å². The van der Waals surface area contributed by atoms with Gasteiger partial charge in [0.05, 0.1) is 6.04 Å². The Kier molecular flexibility index (Phi) is 10.4. The number of carboxylic acids is 1. The number of hydrogen-bond acceptors (Lipinski definition) is 7. The minimum absolute atomic E-state index is 0.0809. The Morgan fingerprint density at radius 1 is 1.00 bits per heavy atom. The number of aliphatic carboxylic acids is 1. The van der Waals surface area contributed by atoms with E-state index in [4.69, 9.17) is 14.9 Å². The van der Waals surface area contributed by atoms with Crippen LogP contribution in [0.5, 0.6) is 0 Å². The number of carbonyl (C=O) groups is 4. The fourth-order valence-electron chi connectivity index (χ4n) is 6.85. The number of carboxylic acid groups (broad SMARTS) is 1. The Morgan fingerprint density at radius 3 is 2.43 bits per heavy atom. The van der Waals surface area contributed by atoms with Gasteiger partial charge in [0, 0.05) is 24.4 Å². The number of alkyl carbamates (subject to hydrolysis) is 1. The van der Waals surface area contributed by atoms with E-state index in [0.29, 0.717) is 24.2 Å². The Morgan fingerprint density at radius 2 is 1.73 bits per heavy atom. The standard InChI is InChI=1S/C39H46N6O6/c1-38(2,3)51-37(50)40-31-20-14-6-4-5-13-19-28-24-39(28,36(48)49)41-34(46)32-23-29(25-44(32)35(31)47)45-42-30(22-21-26-15-9-7-10-16-26)33(43-45)27-17-11-8-12-18-27/h7-13,15-19,21-22,28-29,31-32H,4-6,14,20,23-25H2,1-3H3,(H,40,50)(H,41,46)(H,48,49)/b19-13-,22-21+/t28-,29-,31-,32-,39+/m0/s1. The molecule has 268 valence electrons. The summed E-state index contributed by atoms with van der Waals surface area (Å²) in [6.45, 7) is 5.32. The number of nitrogens with zero attached hydrogens (tertiary/aromatic N) is 4. The van der Waals surface area contributed by atoms with Gasteiger partial charge in [-0.25, -0.2) is 9.59 Å². The van der Waals surface area contributed by atoms with Crippen LogP contribution >= 0.6 is 0 Å². The van der Waals surface area contributed by atoms with Crippen LogP contribution in [0.2, 0.25) is 0 Å². The minimum Gasteiger partial charge on any atom is -0.479 e. The fraction of sp³-hybridized carbons (Fsp3) is 0.436. The highest BCUT2D eigenvalue weighted by molar-refractivity contribution is 5.96. The molecule has 0 bridgehead atoms. The predicted octanol–water partition coefficient (Wildman–Crippen LogP) is 5.63. The fourth-order valence-corrected chi connectivity index (χ4v) is 6.85. The molecule has 3 aromatic rings. The number of allylic oxidation sites excluding steroid dienone is 1. The van der Waals surface area contributed by atoms with Crippen molar-refractivity contribution in [3.63, 3.8) is 0 Å². The van der Waals surface area contributed by atoms with Crippen molar-refractivity contribution >= 4 is 36.0 Å². The molecule has 1 saturated carbocycles. The number of amides is 3. The number of ether oxygens (including phenoxy) is 1. The molecule has 3 aliphatic rings. The van der Waals surface area contributed by atoms with Crippen LogP contribution in [0.3, 0.4) is 0 Å². The van der Waals surface area contributed by atoms with Gasteiger partial charge >= 0.3 is 12.1 Å². The first kappa shape index (κ1) is 35.6. The van der Waals surface area contributed by atoms with Gasteiger partial charge < -0.3 is 25.4 Å². The number of nitrogens with one attached hydrogen (secondary N) is 2. The lowest BCUT2D eigenvalue weighted by Gasteiger charge is -2.30. The quantitative estimate of drug-likeness (QED) is 0.281. The van der Waals surface area contributed by atoms with Crippen LogP contribution in [0.4, 0.5) is 4.79 Å². The van der Waals surface area contributed by atoms with Crippen molar-refractivity contribution < 1.29 is 29.0 Å². The molecule has 3 heterocycles. The van der Waals surface area contributed by atoms with Crippen molar-refractivity contribution in [1.29, 1.82) is 0 Å². The van der Waals surface area contributed by atoms with E-state index in [2.05, 4.69) is 10.6 Å². The summed E-state index contributed by atoms with van der Waals surface area (Å²) in [4.78, 5) is 57.0. The van der Waals surface area contributed by atoms with Gasteiger partial charge in [-0.05, 0) is 58.1 Å². The highest BCUT2D eigenvalue weighted by Crippen LogP contribution is 2.45. The van der Waals surface area contributed by atoms with E-state index < -0.39 is 53.1 Å². The van der Waals surface area contributed by atoms with Crippen molar-refractivity contribution in [2.45, 2.75) is 95.0 Å². The number of fused-ring (bicyclic) bond motifs is 2. The zero-order valence-electron chi connectivity index (χ0n) is 29.3. The molecule has 0 spiro atoms. The summed E-state index contributed by atoms with van der Waals surface area (Å²) in [5, 5.41) is 25.6. The maximum Gasteiger partial charge on any atom is 0.408 e. The van der Waals surface area contributed by atoms with Crippen molar-refractivity contribution in [1.82, 2.24) is 30.5 Å². The molecule has 3 N–H and O–H groups in total. The van der Waals surface area contributed by atoms with Gasteiger partial charge in [-0.2, -0.15) is 15.0 Å². The average molecular weight is 695 g/mol. The van der Waals surface area contributed by atoms with E-state index in [0.717, 1.165) is 30.4 Å². The Hall–Kier alpha value is -5.26. The topological polar surface area (TPSA) is 156 Å². The van der Waals surface area contributed by atoms with E-state index in [1.807, 2.05) is 85.0 Å². The van der Waals surface area contributed by atoms with Crippen LogP contribution in [0.1, 0.15) is 83.0 Å². The smallest absolute Gasteiger partial charge is 0.408 e. The predicted molar refractivity (Wildman–Crippen MR) is 192 cm³/mol. The molecule has 51 heavy (non-hydrogen) atoms. The first-order chi connectivity index (χ1) is 24.4. The van der Waals surface area contributed by atoms with E-state index in [1.54, 1.807) is 25.6 Å². The lowest BCUT2D eigenvalue weighted by Crippen LogP contribution is -2.56. The number of benzene rings is 2. The van der Waals surface area contributed by atoms with Gasteiger partial charge in [-0.15, -0.1) is 0 Å². The molecule has 0 unspecified atom stereocenters. The van der Waals surface area contributed by atoms with Crippen molar-refractivity contribution in [2.75, 3.05) is 6.54 Å². The summed E-state index contributed by atoms with van der Waals surface area (Å²) in [5.41, 5.74) is 0.896. The monoisotopic (exact) mass is 694 g/mol. The van der Waals surface area contributed by atoms with Crippen molar-refractivity contribution in [2.24, 2.45) is 5.92 Å². The molecule has 3 amide bonds. The third-order valence-electron chi connectivity index (χ3n) is 9.59.